The smallest absolute Gasteiger partial charge is 0.240 e. The van der Waals surface area contributed by atoms with Crippen molar-refractivity contribution in [2.75, 3.05) is 19.6 Å². The molecule has 0 bridgehead atoms. The van der Waals surface area contributed by atoms with Gasteiger partial charge in [-0.05, 0) is 66.4 Å². The highest BCUT2D eigenvalue weighted by atomic mass is 32.2. The molecule has 4 nitrogen and oxygen atoms in total. The Morgan fingerprint density at radius 2 is 1.62 bits per heavy atom. The number of aryl methyl sites for hydroxylation is 1. The Morgan fingerprint density at radius 1 is 0.931 bits per heavy atom. The molecule has 3 aromatic carbocycles. The van der Waals surface area contributed by atoms with Gasteiger partial charge in [0.2, 0.25) is 10.0 Å². The second kappa shape index (κ2) is 8.66. The van der Waals surface area contributed by atoms with Crippen LogP contribution >= 0.6 is 0 Å². The van der Waals surface area contributed by atoms with Crippen LogP contribution in [0.15, 0.2) is 71.6 Å². The predicted molar refractivity (Wildman–Crippen MR) is 119 cm³/mol. The third-order valence-electron chi connectivity index (χ3n) is 5.87. The zero-order valence-electron chi connectivity index (χ0n) is 16.8. The van der Waals surface area contributed by atoms with Gasteiger partial charge in [0.05, 0.1) is 4.90 Å². The Kier molecular flexibility index (Phi) is 5.99. The highest BCUT2D eigenvalue weighted by Crippen LogP contribution is 2.30. The van der Waals surface area contributed by atoms with Crippen LogP contribution in [0, 0.1) is 0 Å². The molecule has 0 aromatic heterocycles. The van der Waals surface area contributed by atoms with Crippen LogP contribution in [0.3, 0.4) is 0 Å². The molecule has 1 N–H and O–H groups in total. The van der Waals surface area contributed by atoms with E-state index in [9.17, 15) is 8.42 Å². The van der Waals surface area contributed by atoms with Gasteiger partial charge in [-0.2, -0.15) is 0 Å². The molecule has 5 heteroatoms. The molecule has 1 aliphatic rings. The minimum Gasteiger partial charge on any atom is -0.295 e. The molecule has 0 spiro atoms. The van der Waals surface area contributed by atoms with Crippen molar-refractivity contribution >= 4 is 20.8 Å². The van der Waals surface area contributed by atoms with Gasteiger partial charge in [0, 0.05) is 12.6 Å². The molecule has 4 rings (SSSR count). The average molecular weight is 409 g/mol. The second-order valence-corrected chi connectivity index (χ2v) is 9.44. The summed E-state index contributed by atoms with van der Waals surface area (Å²) < 4.78 is 28.7. The van der Waals surface area contributed by atoms with E-state index >= 15 is 0 Å². The van der Waals surface area contributed by atoms with Gasteiger partial charge in [-0.15, -0.1) is 0 Å². The number of sulfonamides is 1. The van der Waals surface area contributed by atoms with E-state index in [1.807, 2.05) is 24.3 Å². The molecule has 1 aliphatic heterocycles. The zero-order valence-corrected chi connectivity index (χ0v) is 17.7. The number of benzene rings is 3. The number of fused-ring (bicyclic) bond motifs is 1. The topological polar surface area (TPSA) is 49.4 Å². The van der Waals surface area contributed by atoms with Gasteiger partial charge in [0.1, 0.15) is 0 Å². The van der Waals surface area contributed by atoms with Crippen molar-refractivity contribution in [3.8, 4) is 0 Å². The van der Waals surface area contributed by atoms with Crippen molar-refractivity contribution in [1.82, 2.24) is 9.62 Å². The lowest BCUT2D eigenvalue weighted by molar-refractivity contribution is 0.248. The summed E-state index contributed by atoms with van der Waals surface area (Å²) in [6.45, 7) is 4.43. The molecule has 1 heterocycles. The highest BCUT2D eigenvalue weighted by Gasteiger charge is 2.26. The van der Waals surface area contributed by atoms with E-state index in [-0.39, 0.29) is 6.04 Å². The van der Waals surface area contributed by atoms with E-state index in [0.717, 1.165) is 37.9 Å². The van der Waals surface area contributed by atoms with Crippen molar-refractivity contribution in [1.29, 1.82) is 0 Å². The Balaban J connectivity index is 1.62. The fourth-order valence-corrected chi connectivity index (χ4v) is 5.24. The number of hydrogen-bond donors (Lipinski definition) is 1. The fourth-order valence-electron chi connectivity index (χ4n) is 4.21. The maximum atomic E-state index is 12.9. The molecule has 0 aliphatic carbocycles. The van der Waals surface area contributed by atoms with E-state index in [2.05, 4.69) is 46.9 Å². The van der Waals surface area contributed by atoms with Gasteiger partial charge in [0.25, 0.3) is 0 Å². The van der Waals surface area contributed by atoms with Crippen LogP contribution < -0.4 is 4.72 Å². The van der Waals surface area contributed by atoms with Crippen LogP contribution in [-0.4, -0.2) is 33.0 Å². The molecule has 1 saturated heterocycles. The van der Waals surface area contributed by atoms with E-state index in [1.54, 1.807) is 12.1 Å². The number of nitrogens with zero attached hydrogens (tertiary/aromatic N) is 1. The van der Waals surface area contributed by atoms with Crippen molar-refractivity contribution in [3.05, 3.63) is 77.9 Å². The number of nitrogens with one attached hydrogen (secondary N) is 1. The van der Waals surface area contributed by atoms with Crippen LogP contribution in [0.2, 0.25) is 0 Å². The first-order valence-electron chi connectivity index (χ1n) is 10.4. The molecular weight excluding hydrogens is 380 g/mol. The highest BCUT2D eigenvalue weighted by molar-refractivity contribution is 7.89. The largest absolute Gasteiger partial charge is 0.295 e. The molecule has 3 aromatic rings. The minimum absolute atomic E-state index is 0.0216. The zero-order chi connectivity index (χ0) is 20.3. The summed E-state index contributed by atoms with van der Waals surface area (Å²) in [5, 5.41) is 2.38. The van der Waals surface area contributed by atoms with E-state index in [0.29, 0.717) is 11.4 Å². The quantitative estimate of drug-likeness (QED) is 0.625. The molecule has 152 valence electrons. The summed E-state index contributed by atoms with van der Waals surface area (Å²) in [5.74, 6) is 0. The van der Waals surface area contributed by atoms with E-state index in [1.165, 1.54) is 16.3 Å². The van der Waals surface area contributed by atoms with Crippen LogP contribution in [0.1, 0.15) is 36.9 Å². The lowest BCUT2D eigenvalue weighted by Crippen LogP contribution is -2.36. The summed E-state index contributed by atoms with van der Waals surface area (Å²) in [5.41, 5.74) is 2.32. The summed E-state index contributed by atoms with van der Waals surface area (Å²) in [7, 11) is -3.55. The minimum atomic E-state index is -3.55. The van der Waals surface area contributed by atoms with E-state index < -0.39 is 10.0 Å². The Labute approximate surface area is 173 Å². The molecule has 29 heavy (non-hydrogen) atoms. The maximum absolute atomic E-state index is 12.9. The first-order valence-corrected chi connectivity index (χ1v) is 11.9. The van der Waals surface area contributed by atoms with Crippen molar-refractivity contribution in [2.45, 2.75) is 37.1 Å². The van der Waals surface area contributed by atoms with Gasteiger partial charge >= 0.3 is 0 Å². The van der Waals surface area contributed by atoms with Gasteiger partial charge in [-0.25, -0.2) is 13.1 Å². The summed E-state index contributed by atoms with van der Waals surface area (Å²) in [6, 6.07) is 21.8. The first-order chi connectivity index (χ1) is 14.1. The normalized spacial score (nSPS) is 16.3. The molecular formula is C24H28N2O2S. The molecule has 0 unspecified atom stereocenters. The molecule has 0 saturated carbocycles. The third-order valence-corrected chi connectivity index (χ3v) is 7.31. The van der Waals surface area contributed by atoms with E-state index in [4.69, 9.17) is 0 Å². The molecule has 1 fully saturated rings. The van der Waals surface area contributed by atoms with Crippen LogP contribution in [0.4, 0.5) is 0 Å². The predicted octanol–water partition coefficient (Wildman–Crippen LogP) is 4.52. The molecule has 0 radical (unpaired) electrons. The number of likely N-dealkylation sites (tertiary alicyclic amines) is 1. The van der Waals surface area contributed by atoms with Crippen molar-refractivity contribution in [3.63, 3.8) is 0 Å². The van der Waals surface area contributed by atoms with Crippen molar-refractivity contribution in [2.24, 2.45) is 0 Å². The summed E-state index contributed by atoms with van der Waals surface area (Å²) in [6.07, 6.45) is 3.21. The molecule has 0 amide bonds. The maximum Gasteiger partial charge on any atom is 0.240 e. The van der Waals surface area contributed by atoms with Gasteiger partial charge in [-0.3, -0.25) is 4.90 Å². The fraction of sp³-hybridized carbons (Fsp3) is 0.333. The van der Waals surface area contributed by atoms with Crippen LogP contribution in [0.5, 0.6) is 0 Å². The average Bonchev–Trinajstić information content (AvgIpc) is 3.28. The molecule has 1 atom stereocenters. The standard InChI is InChI=1S/C24H28N2O2S/c1-2-19-12-14-21(15-13-19)29(27,28)25-18-24(26-16-5-6-17-26)23-11-7-9-20-8-3-4-10-22(20)23/h3-4,7-15,24-25H,2,5-6,16-18H2,1H3/t24-/m1/s1. The lowest BCUT2D eigenvalue weighted by atomic mass is 9.98. The second-order valence-electron chi connectivity index (χ2n) is 7.68. The summed E-state index contributed by atoms with van der Waals surface area (Å²) in [4.78, 5) is 2.73. The van der Waals surface area contributed by atoms with Gasteiger partial charge < -0.3 is 0 Å². The Bertz CT molecular complexity index is 1070. The number of hydrogen-bond acceptors (Lipinski definition) is 3. The van der Waals surface area contributed by atoms with Gasteiger partial charge in [-0.1, -0.05) is 61.5 Å². The first kappa shape index (κ1) is 20.1. The van der Waals surface area contributed by atoms with Gasteiger partial charge in [0.15, 0.2) is 0 Å². The summed E-state index contributed by atoms with van der Waals surface area (Å²) >= 11 is 0. The SMILES string of the molecule is CCc1ccc(S(=O)(=O)NC[C@H](c2cccc3ccccc23)N2CCCC2)cc1. The van der Waals surface area contributed by atoms with Crippen molar-refractivity contribution < 1.29 is 8.42 Å². The monoisotopic (exact) mass is 408 g/mol. The third kappa shape index (κ3) is 4.37. The Morgan fingerprint density at radius 3 is 2.34 bits per heavy atom. The lowest BCUT2D eigenvalue weighted by Gasteiger charge is -2.29. The number of rotatable bonds is 7. The Hall–Kier alpha value is -2.21. The van der Waals surface area contributed by atoms with Crippen LogP contribution in [0.25, 0.3) is 10.8 Å². The van der Waals surface area contributed by atoms with Crippen LogP contribution in [-0.2, 0) is 16.4 Å².